The highest BCUT2D eigenvalue weighted by Gasteiger charge is 2.46. The van der Waals surface area contributed by atoms with Gasteiger partial charge in [-0.3, -0.25) is 0 Å². The Bertz CT molecular complexity index is 4250. The quantitative estimate of drug-likeness (QED) is 0.139. The molecule has 0 amide bonds. The lowest BCUT2D eigenvalue weighted by Crippen LogP contribution is -2.28. The lowest BCUT2D eigenvalue weighted by molar-refractivity contribution is 0.590. The number of fused-ring (bicyclic) bond motifs is 7. The molecule has 0 aromatic heterocycles. The van der Waals surface area contributed by atoms with Crippen molar-refractivity contribution in [2.24, 2.45) is 0 Å². The van der Waals surface area contributed by atoms with E-state index in [1.54, 1.807) is 0 Å². The Morgan fingerprint density at radius 1 is 0.316 bits per heavy atom. The molecule has 14 rings (SSSR count). The fourth-order valence-electron chi connectivity index (χ4n) is 13.5. The van der Waals surface area contributed by atoms with E-state index >= 15 is 0 Å². The van der Waals surface area contributed by atoms with E-state index in [9.17, 15) is 0 Å². The Labute approximate surface area is 465 Å². The third-order valence-electron chi connectivity index (χ3n) is 17.3. The normalized spacial score (nSPS) is 13.6. The Hall–Kier alpha value is -9.30. The molecule has 12 aromatic rings. The van der Waals surface area contributed by atoms with Crippen LogP contribution >= 0.6 is 0 Å². The number of hydrogen-bond acceptors (Lipinski definition) is 1. The molecule has 0 fully saturated rings. The van der Waals surface area contributed by atoms with Gasteiger partial charge in [-0.05, 0) is 141 Å². The van der Waals surface area contributed by atoms with Gasteiger partial charge >= 0.3 is 0 Å². The summed E-state index contributed by atoms with van der Waals surface area (Å²) in [5.74, 6) is 0. The van der Waals surface area contributed by atoms with Crippen molar-refractivity contribution in [3.05, 3.63) is 318 Å². The fourth-order valence-corrected chi connectivity index (χ4v) is 13.5. The van der Waals surface area contributed by atoms with Crippen LogP contribution in [0.2, 0.25) is 0 Å². The maximum Gasteiger partial charge on any atom is 0.0714 e. The highest BCUT2D eigenvalue weighted by atomic mass is 15.1. The van der Waals surface area contributed by atoms with Crippen molar-refractivity contribution in [2.45, 2.75) is 50.9 Å². The van der Waals surface area contributed by atoms with Gasteiger partial charge in [0.25, 0.3) is 0 Å². The molecule has 1 heteroatoms. The van der Waals surface area contributed by atoms with Crippen molar-refractivity contribution in [2.75, 3.05) is 4.90 Å². The second-order valence-electron chi connectivity index (χ2n) is 23.1. The standard InChI is InChI=1S/C78H61N/c1-76(2,3)56-44-40-52(41-45-56)55-43-48-72(67(50-55)53-24-9-6-10-25-53)79(59-46-47-63-62-33-19-22-38-69(62)78(71(63)51-59,57-27-11-7-12-28-57)58-29-13-8-14-30-58)73-49-42-54-26-15-16-31-60(54)75(73)65-34-18-17-32-61(65)64-36-23-39-70-74(64)66-35-20-21-37-68(66)77(70,4)5/h6-51H,1-5H3. The van der Waals surface area contributed by atoms with Crippen LogP contribution in [0.25, 0.3) is 77.5 Å². The first-order valence-corrected chi connectivity index (χ1v) is 27.9. The van der Waals surface area contributed by atoms with E-state index in [4.69, 9.17) is 0 Å². The van der Waals surface area contributed by atoms with Crippen LogP contribution in [0.1, 0.15) is 73.6 Å². The molecule has 1 nitrogen and oxygen atoms in total. The average molecular weight is 1010 g/mol. The van der Waals surface area contributed by atoms with Crippen LogP contribution in [-0.2, 0) is 16.2 Å². The maximum atomic E-state index is 2.59. The summed E-state index contributed by atoms with van der Waals surface area (Å²) in [6, 6.07) is 105. The van der Waals surface area contributed by atoms with Crippen molar-refractivity contribution < 1.29 is 0 Å². The molecule has 0 spiro atoms. The van der Waals surface area contributed by atoms with E-state index < -0.39 is 5.41 Å². The smallest absolute Gasteiger partial charge is 0.0714 e. The van der Waals surface area contributed by atoms with Crippen molar-refractivity contribution in [1.29, 1.82) is 0 Å². The third-order valence-corrected chi connectivity index (χ3v) is 17.3. The molecule has 0 unspecified atom stereocenters. The summed E-state index contributed by atoms with van der Waals surface area (Å²) >= 11 is 0. The lowest BCUT2D eigenvalue weighted by Gasteiger charge is -2.35. The molecule has 0 radical (unpaired) electrons. The monoisotopic (exact) mass is 1010 g/mol. The predicted molar refractivity (Wildman–Crippen MR) is 334 cm³/mol. The summed E-state index contributed by atoms with van der Waals surface area (Å²) in [6.45, 7) is 11.6. The fraction of sp³-hybridized carbons (Fsp3) is 0.103. The molecule has 0 saturated carbocycles. The van der Waals surface area contributed by atoms with Crippen LogP contribution < -0.4 is 4.90 Å². The van der Waals surface area contributed by atoms with Gasteiger partial charge in [-0.15, -0.1) is 0 Å². The molecule has 378 valence electrons. The molecule has 12 aromatic carbocycles. The van der Waals surface area contributed by atoms with E-state index in [-0.39, 0.29) is 10.8 Å². The Morgan fingerprint density at radius 3 is 1.57 bits per heavy atom. The highest BCUT2D eigenvalue weighted by molar-refractivity contribution is 6.10. The first-order chi connectivity index (χ1) is 38.6. The van der Waals surface area contributed by atoms with Gasteiger partial charge in [0.15, 0.2) is 0 Å². The number of nitrogens with zero attached hydrogens (tertiary/aromatic N) is 1. The van der Waals surface area contributed by atoms with Gasteiger partial charge in [-0.1, -0.05) is 283 Å². The van der Waals surface area contributed by atoms with Crippen molar-refractivity contribution >= 4 is 27.8 Å². The molecule has 2 aliphatic rings. The van der Waals surface area contributed by atoms with Crippen LogP contribution in [0.4, 0.5) is 17.1 Å². The van der Waals surface area contributed by atoms with Gasteiger partial charge in [0.1, 0.15) is 0 Å². The molecule has 2 aliphatic carbocycles. The number of hydrogen-bond donors (Lipinski definition) is 0. The van der Waals surface area contributed by atoms with Gasteiger partial charge in [-0.25, -0.2) is 0 Å². The molecular formula is C78H61N. The number of benzene rings is 12. The summed E-state index contributed by atoms with van der Waals surface area (Å²) in [5, 5.41) is 2.38. The van der Waals surface area contributed by atoms with Crippen LogP contribution in [0.15, 0.2) is 279 Å². The summed E-state index contributed by atoms with van der Waals surface area (Å²) in [7, 11) is 0. The zero-order chi connectivity index (χ0) is 53.5. The summed E-state index contributed by atoms with van der Waals surface area (Å²) < 4.78 is 0. The largest absolute Gasteiger partial charge is 0.309 e. The van der Waals surface area contributed by atoms with Gasteiger partial charge < -0.3 is 4.90 Å². The maximum absolute atomic E-state index is 2.59. The van der Waals surface area contributed by atoms with E-state index in [1.807, 2.05) is 0 Å². The Balaban J connectivity index is 1.09. The lowest BCUT2D eigenvalue weighted by atomic mass is 9.67. The summed E-state index contributed by atoms with van der Waals surface area (Å²) in [6.07, 6.45) is 0. The van der Waals surface area contributed by atoms with Gasteiger partial charge in [-0.2, -0.15) is 0 Å². The molecule has 0 atom stereocenters. The first kappa shape index (κ1) is 48.1. The van der Waals surface area contributed by atoms with E-state index in [2.05, 4.69) is 319 Å². The molecule has 0 bridgehead atoms. The second-order valence-corrected chi connectivity index (χ2v) is 23.1. The van der Waals surface area contributed by atoms with Crippen molar-refractivity contribution in [3.63, 3.8) is 0 Å². The molecule has 0 aliphatic heterocycles. The Morgan fingerprint density at radius 2 is 0.861 bits per heavy atom. The summed E-state index contributed by atoms with van der Waals surface area (Å²) in [4.78, 5) is 2.59. The highest BCUT2D eigenvalue weighted by Crippen LogP contribution is 2.59. The first-order valence-electron chi connectivity index (χ1n) is 27.9. The number of anilines is 3. The van der Waals surface area contributed by atoms with E-state index in [0.29, 0.717) is 0 Å². The minimum Gasteiger partial charge on any atom is -0.309 e. The molecular weight excluding hydrogens is 951 g/mol. The van der Waals surface area contributed by atoms with Crippen molar-refractivity contribution in [3.8, 4) is 66.8 Å². The molecule has 0 N–H and O–H groups in total. The minimum atomic E-state index is -0.599. The average Bonchev–Trinajstić information content (AvgIpc) is 3.99. The topological polar surface area (TPSA) is 3.24 Å². The molecule has 0 saturated heterocycles. The van der Waals surface area contributed by atoms with Gasteiger partial charge in [0.05, 0.1) is 16.8 Å². The van der Waals surface area contributed by atoms with E-state index in [0.717, 1.165) is 28.2 Å². The van der Waals surface area contributed by atoms with E-state index in [1.165, 1.54) is 105 Å². The molecule has 79 heavy (non-hydrogen) atoms. The molecule has 0 heterocycles. The Kier molecular flexibility index (Phi) is 11.4. The second kappa shape index (κ2) is 18.7. The SMILES string of the molecule is CC(C)(C)c1ccc(-c2ccc(N(c3ccc4c(c3)C(c3ccccc3)(c3ccccc3)c3ccccc3-4)c3ccc4ccccc4c3-c3ccccc3-c3cccc4c3-c3ccccc3C4(C)C)c(-c3ccccc3)c2)cc1. The van der Waals surface area contributed by atoms with Gasteiger partial charge in [0.2, 0.25) is 0 Å². The zero-order valence-corrected chi connectivity index (χ0v) is 45.5. The van der Waals surface area contributed by atoms with Crippen LogP contribution in [-0.4, -0.2) is 0 Å². The van der Waals surface area contributed by atoms with Crippen molar-refractivity contribution in [1.82, 2.24) is 0 Å². The zero-order valence-electron chi connectivity index (χ0n) is 45.5. The van der Waals surface area contributed by atoms with Crippen LogP contribution in [0.3, 0.4) is 0 Å². The third kappa shape index (κ3) is 7.66. The number of rotatable bonds is 9. The van der Waals surface area contributed by atoms with Crippen LogP contribution in [0, 0.1) is 0 Å². The van der Waals surface area contributed by atoms with Crippen LogP contribution in [0.5, 0.6) is 0 Å². The minimum absolute atomic E-state index is 0.0474. The predicted octanol–water partition coefficient (Wildman–Crippen LogP) is 20.9. The summed E-state index contributed by atoms with van der Waals surface area (Å²) in [5.41, 5.74) is 26.3. The van der Waals surface area contributed by atoms with Gasteiger partial charge in [0, 0.05) is 22.2 Å².